The third kappa shape index (κ3) is 3.71. The first-order valence-electron chi connectivity index (χ1n) is 8.22. The predicted molar refractivity (Wildman–Crippen MR) is 92.3 cm³/mol. The van der Waals surface area contributed by atoms with Crippen LogP contribution in [-0.2, 0) is 19.6 Å². The van der Waals surface area contributed by atoms with Crippen LogP contribution >= 0.6 is 0 Å². The van der Waals surface area contributed by atoms with Crippen molar-refractivity contribution < 1.29 is 17.9 Å². The fourth-order valence-electron chi connectivity index (χ4n) is 3.16. The SMILES string of the molecule is NC(C(=O)Nc1ccc(N2CCCS2(=O)=O)cc1)C1CCOCC1. The molecule has 2 heterocycles. The van der Waals surface area contributed by atoms with Crippen LogP contribution in [0.15, 0.2) is 24.3 Å². The van der Waals surface area contributed by atoms with Crippen LogP contribution < -0.4 is 15.4 Å². The Bertz CT molecular complexity index is 684. The molecule has 2 aliphatic heterocycles. The molecule has 8 heteroatoms. The summed E-state index contributed by atoms with van der Waals surface area (Å²) in [6.07, 6.45) is 2.22. The Balaban J connectivity index is 1.62. The summed E-state index contributed by atoms with van der Waals surface area (Å²) in [6.45, 7) is 1.79. The molecule has 0 bridgehead atoms. The number of anilines is 2. The zero-order chi connectivity index (χ0) is 17.2. The minimum Gasteiger partial charge on any atom is -0.381 e. The second-order valence-electron chi connectivity index (χ2n) is 6.25. The summed E-state index contributed by atoms with van der Waals surface area (Å²) in [6, 6.07) is 6.26. The van der Waals surface area contributed by atoms with E-state index in [9.17, 15) is 13.2 Å². The molecule has 3 N–H and O–H groups in total. The maximum atomic E-state index is 12.3. The van der Waals surface area contributed by atoms with Gasteiger partial charge in [0.25, 0.3) is 0 Å². The van der Waals surface area contributed by atoms with Crippen LogP contribution in [0.2, 0.25) is 0 Å². The van der Waals surface area contributed by atoms with Gasteiger partial charge in [-0.3, -0.25) is 9.10 Å². The summed E-state index contributed by atoms with van der Waals surface area (Å²) in [5.74, 6) is 0.0991. The summed E-state index contributed by atoms with van der Waals surface area (Å²) in [5, 5.41) is 2.80. The van der Waals surface area contributed by atoms with Crippen LogP contribution in [0.1, 0.15) is 19.3 Å². The third-order valence-corrected chi connectivity index (χ3v) is 6.47. The number of nitrogens with zero attached hydrogens (tertiary/aromatic N) is 1. The fourth-order valence-corrected chi connectivity index (χ4v) is 4.72. The molecule has 1 atom stereocenters. The highest BCUT2D eigenvalue weighted by Crippen LogP contribution is 2.25. The van der Waals surface area contributed by atoms with Crippen molar-refractivity contribution in [1.82, 2.24) is 0 Å². The highest BCUT2D eigenvalue weighted by Gasteiger charge is 2.29. The van der Waals surface area contributed by atoms with E-state index in [0.717, 1.165) is 12.8 Å². The molecule has 132 valence electrons. The van der Waals surface area contributed by atoms with Crippen LogP contribution in [0, 0.1) is 5.92 Å². The quantitative estimate of drug-likeness (QED) is 0.838. The monoisotopic (exact) mass is 353 g/mol. The van der Waals surface area contributed by atoms with Crippen molar-refractivity contribution in [3.05, 3.63) is 24.3 Å². The van der Waals surface area contributed by atoms with E-state index in [4.69, 9.17) is 10.5 Å². The highest BCUT2D eigenvalue weighted by atomic mass is 32.2. The highest BCUT2D eigenvalue weighted by molar-refractivity contribution is 7.93. The lowest BCUT2D eigenvalue weighted by atomic mass is 9.92. The van der Waals surface area contributed by atoms with Crippen molar-refractivity contribution in [2.75, 3.05) is 35.1 Å². The van der Waals surface area contributed by atoms with Gasteiger partial charge in [-0.1, -0.05) is 0 Å². The van der Waals surface area contributed by atoms with Crippen LogP contribution in [-0.4, -0.2) is 45.9 Å². The summed E-state index contributed by atoms with van der Waals surface area (Å²) < 4.78 is 30.5. The molecular weight excluding hydrogens is 330 g/mol. The zero-order valence-corrected chi connectivity index (χ0v) is 14.3. The van der Waals surface area contributed by atoms with E-state index < -0.39 is 16.1 Å². The largest absolute Gasteiger partial charge is 0.381 e. The van der Waals surface area contributed by atoms with E-state index in [1.165, 1.54) is 4.31 Å². The summed E-state index contributed by atoms with van der Waals surface area (Å²) in [7, 11) is -3.19. The molecule has 0 radical (unpaired) electrons. The van der Waals surface area contributed by atoms with Gasteiger partial charge in [0.15, 0.2) is 0 Å². The maximum absolute atomic E-state index is 12.3. The zero-order valence-electron chi connectivity index (χ0n) is 13.5. The Labute approximate surface area is 142 Å². The Kier molecular flexibility index (Phi) is 5.07. The molecule has 1 aromatic carbocycles. The summed E-state index contributed by atoms with van der Waals surface area (Å²) in [4.78, 5) is 12.3. The molecule has 1 unspecified atom stereocenters. The van der Waals surface area contributed by atoms with Crippen molar-refractivity contribution in [3.63, 3.8) is 0 Å². The van der Waals surface area contributed by atoms with Crippen LogP contribution in [0.25, 0.3) is 0 Å². The normalized spacial score (nSPS) is 22.3. The number of rotatable bonds is 4. The van der Waals surface area contributed by atoms with E-state index in [0.29, 0.717) is 37.6 Å². The Hall–Kier alpha value is -1.64. The van der Waals surface area contributed by atoms with E-state index in [1.54, 1.807) is 24.3 Å². The fraction of sp³-hybridized carbons (Fsp3) is 0.562. The molecular formula is C16H23N3O4S. The molecule has 0 saturated carbocycles. The average molecular weight is 353 g/mol. The number of carbonyl (C=O) groups excluding carboxylic acids is 1. The van der Waals surface area contributed by atoms with E-state index in [1.807, 2.05) is 0 Å². The van der Waals surface area contributed by atoms with Gasteiger partial charge in [0.1, 0.15) is 0 Å². The lowest BCUT2D eigenvalue weighted by Gasteiger charge is -2.26. The minimum atomic E-state index is -3.19. The van der Waals surface area contributed by atoms with Gasteiger partial charge in [0.2, 0.25) is 15.9 Å². The molecule has 1 aromatic rings. The van der Waals surface area contributed by atoms with Crippen molar-refractivity contribution in [2.24, 2.45) is 11.7 Å². The Morgan fingerprint density at radius 3 is 2.50 bits per heavy atom. The first kappa shape index (κ1) is 17.2. The van der Waals surface area contributed by atoms with Gasteiger partial charge in [0.05, 0.1) is 17.5 Å². The van der Waals surface area contributed by atoms with Gasteiger partial charge in [-0.05, 0) is 49.4 Å². The standard InChI is InChI=1S/C16H23N3O4S/c17-15(12-6-9-23-10-7-12)16(20)18-13-2-4-14(5-3-13)19-8-1-11-24(19,21)22/h2-5,12,15H,1,6-11,17H2,(H,18,20). The predicted octanol–water partition coefficient (Wildman–Crippen LogP) is 0.919. The van der Waals surface area contributed by atoms with Crippen molar-refractivity contribution in [2.45, 2.75) is 25.3 Å². The first-order valence-corrected chi connectivity index (χ1v) is 9.83. The number of carbonyl (C=O) groups is 1. The summed E-state index contributed by atoms with van der Waals surface area (Å²) >= 11 is 0. The Morgan fingerprint density at radius 1 is 1.25 bits per heavy atom. The Morgan fingerprint density at radius 2 is 1.92 bits per heavy atom. The molecule has 2 aliphatic rings. The number of hydrogen-bond acceptors (Lipinski definition) is 5. The van der Waals surface area contributed by atoms with Crippen molar-refractivity contribution >= 4 is 27.3 Å². The lowest BCUT2D eigenvalue weighted by molar-refractivity contribution is -0.119. The number of ether oxygens (including phenoxy) is 1. The van der Waals surface area contributed by atoms with Gasteiger partial charge in [-0.25, -0.2) is 8.42 Å². The maximum Gasteiger partial charge on any atom is 0.241 e. The molecule has 24 heavy (non-hydrogen) atoms. The van der Waals surface area contributed by atoms with Crippen LogP contribution in [0.5, 0.6) is 0 Å². The molecule has 0 aromatic heterocycles. The van der Waals surface area contributed by atoms with Gasteiger partial charge in [-0.15, -0.1) is 0 Å². The number of benzene rings is 1. The van der Waals surface area contributed by atoms with Crippen LogP contribution in [0.4, 0.5) is 11.4 Å². The smallest absolute Gasteiger partial charge is 0.241 e. The second kappa shape index (κ2) is 7.08. The molecule has 0 spiro atoms. The third-order valence-electron chi connectivity index (χ3n) is 4.60. The van der Waals surface area contributed by atoms with E-state index in [-0.39, 0.29) is 17.6 Å². The van der Waals surface area contributed by atoms with Crippen molar-refractivity contribution in [1.29, 1.82) is 0 Å². The number of sulfonamides is 1. The lowest BCUT2D eigenvalue weighted by Crippen LogP contribution is -2.44. The van der Waals surface area contributed by atoms with E-state index in [2.05, 4.69) is 5.32 Å². The molecule has 2 fully saturated rings. The number of hydrogen-bond donors (Lipinski definition) is 2. The van der Waals surface area contributed by atoms with Crippen molar-refractivity contribution in [3.8, 4) is 0 Å². The number of nitrogens with two attached hydrogens (primary N) is 1. The number of amides is 1. The topological polar surface area (TPSA) is 102 Å². The average Bonchev–Trinajstić information content (AvgIpc) is 2.95. The molecule has 0 aliphatic carbocycles. The minimum absolute atomic E-state index is 0.132. The van der Waals surface area contributed by atoms with Crippen LogP contribution in [0.3, 0.4) is 0 Å². The molecule has 3 rings (SSSR count). The molecule has 1 amide bonds. The van der Waals surface area contributed by atoms with Gasteiger partial charge in [-0.2, -0.15) is 0 Å². The van der Waals surface area contributed by atoms with Gasteiger partial charge >= 0.3 is 0 Å². The number of nitrogens with one attached hydrogen (secondary N) is 1. The molecule has 7 nitrogen and oxygen atoms in total. The van der Waals surface area contributed by atoms with E-state index >= 15 is 0 Å². The first-order chi connectivity index (χ1) is 11.5. The summed E-state index contributed by atoms with van der Waals surface area (Å²) in [5.41, 5.74) is 7.29. The molecule has 2 saturated heterocycles. The second-order valence-corrected chi connectivity index (χ2v) is 8.27. The van der Waals surface area contributed by atoms with Gasteiger partial charge in [0, 0.05) is 25.4 Å². The van der Waals surface area contributed by atoms with Gasteiger partial charge < -0.3 is 15.8 Å².